The van der Waals surface area contributed by atoms with Gasteiger partial charge >= 0.3 is 0 Å². The van der Waals surface area contributed by atoms with Gasteiger partial charge in [0.1, 0.15) is 0 Å². The summed E-state index contributed by atoms with van der Waals surface area (Å²) in [6.45, 7) is 2.30. The standard InChI is InChI=1S/C19H20N4O2/c20-14-15-4-1-5-16(12-15)19(25)23-9-3-8-22(10-11-23)18(24)13-17-6-2-7-21-17/h1-2,4-7,12,21H,3,8-11,13H2. The maximum atomic E-state index is 12.7. The monoisotopic (exact) mass is 336 g/mol. The quantitative estimate of drug-likeness (QED) is 0.928. The Morgan fingerprint density at radius 3 is 2.64 bits per heavy atom. The molecule has 1 aromatic carbocycles. The van der Waals surface area contributed by atoms with Crippen molar-refractivity contribution in [2.75, 3.05) is 26.2 Å². The largest absolute Gasteiger partial charge is 0.365 e. The van der Waals surface area contributed by atoms with Crippen LogP contribution < -0.4 is 0 Å². The molecule has 2 heterocycles. The summed E-state index contributed by atoms with van der Waals surface area (Å²) >= 11 is 0. The highest BCUT2D eigenvalue weighted by Gasteiger charge is 2.23. The molecule has 25 heavy (non-hydrogen) atoms. The Morgan fingerprint density at radius 1 is 1.08 bits per heavy atom. The summed E-state index contributed by atoms with van der Waals surface area (Å²) in [4.78, 5) is 31.7. The van der Waals surface area contributed by atoms with Gasteiger partial charge in [0.05, 0.1) is 18.1 Å². The highest BCUT2D eigenvalue weighted by molar-refractivity contribution is 5.94. The van der Waals surface area contributed by atoms with E-state index in [-0.39, 0.29) is 11.8 Å². The molecular weight excluding hydrogens is 316 g/mol. The Balaban J connectivity index is 1.62. The van der Waals surface area contributed by atoms with Crippen molar-refractivity contribution in [3.63, 3.8) is 0 Å². The lowest BCUT2D eigenvalue weighted by atomic mass is 10.1. The number of hydrogen-bond donors (Lipinski definition) is 1. The molecule has 1 aromatic heterocycles. The lowest BCUT2D eigenvalue weighted by Crippen LogP contribution is -2.38. The molecule has 2 amide bonds. The number of carbonyl (C=O) groups excluding carboxylic acids is 2. The van der Waals surface area contributed by atoms with Crippen molar-refractivity contribution < 1.29 is 9.59 Å². The highest BCUT2D eigenvalue weighted by atomic mass is 16.2. The van der Waals surface area contributed by atoms with Crippen LogP contribution in [-0.2, 0) is 11.2 Å². The summed E-state index contributed by atoms with van der Waals surface area (Å²) in [6.07, 6.45) is 2.91. The van der Waals surface area contributed by atoms with Crippen molar-refractivity contribution in [3.05, 3.63) is 59.4 Å². The second-order valence-corrected chi connectivity index (χ2v) is 6.09. The number of amides is 2. The van der Waals surface area contributed by atoms with Gasteiger partial charge in [-0.2, -0.15) is 5.26 Å². The van der Waals surface area contributed by atoms with Crippen LogP contribution in [-0.4, -0.2) is 52.8 Å². The van der Waals surface area contributed by atoms with E-state index in [1.165, 1.54) is 0 Å². The lowest BCUT2D eigenvalue weighted by molar-refractivity contribution is -0.130. The van der Waals surface area contributed by atoms with Gasteiger partial charge in [-0.1, -0.05) is 6.07 Å². The Kier molecular flexibility index (Phi) is 5.14. The van der Waals surface area contributed by atoms with E-state index in [2.05, 4.69) is 11.1 Å². The summed E-state index contributed by atoms with van der Waals surface area (Å²) in [7, 11) is 0. The van der Waals surface area contributed by atoms with Gasteiger partial charge in [0.2, 0.25) is 5.91 Å². The van der Waals surface area contributed by atoms with Crippen molar-refractivity contribution in [1.29, 1.82) is 5.26 Å². The first kappa shape index (κ1) is 16.8. The Labute approximate surface area is 146 Å². The lowest BCUT2D eigenvalue weighted by Gasteiger charge is -2.22. The molecule has 0 aliphatic carbocycles. The number of nitriles is 1. The number of carbonyl (C=O) groups is 2. The third-order valence-electron chi connectivity index (χ3n) is 4.38. The van der Waals surface area contributed by atoms with Gasteiger partial charge < -0.3 is 14.8 Å². The highest BCUT2D eigenvalue weighted by Crippen LogP contribution is 2.12. The minimum absolute atomic E-state index is 0.0724. The molecular formula is C19H20N4O2. The fraction of sp³-hybridized carbons (Fsp3) is 0.316. The third kappa shape index (κ3) is 4.07. The predicted molar refractivity (Wildman–Crippen MR) is 92.8 cm³/mol. The zero-order valence-electron chi connectivity index (χ0n) is 13.9. The Bertz CT molecular complexity index is 792. The van der Waals surface area contributed by atoms with Crippen molar-refractivity contribution in [1.82, 2.24) is 14.8 Å². The molecule has 1 aliphatic heterocycles. The summed E-state index contributed by atoms with van der Waals surface area (Å²) in [6, 6.07) is 12.6. The first-order valence-electron chi connectivity index (χ1n) is 8.37. The second-order valence-electron chi connectivity index (χ2n) is 6.09. The molecule has 0 atom stereocenters. The molecule has 128 valence electrons. The van der Waals surface area contributed by atoms with Crippen molar-refractivity contribution >= 4 is 11.8 Å². The van der Waals surface area contributed by atoms with E-state index >= 15 is 0 Å². The van der Waals surface area contributed by atoms with Gasteiger partial charge in [0, 0.05) is 43.6 Å². The smallest absolute Gasteiger partial charge is 0.253 e. The Morgan fingerprint density at radius 2 is 1.88 bits per heavy atom. The van der Waals surface area contributed by atoms with Crippen LogP contribution in [0.4, 0.5) is 0 Å². The van der Waals surface area contributed by atoms with Crippen molar-refractivity contribution in [3.8, 4) is 6.07 Å². The zero-order chi connectivity index (χ0) is 17.6. The average Bonchev–Trinajstić information content (AvgIpc) is 3.02. The van der Waals surface area contributed by atoms with Gasteiger partial charge in [-0.15, -0.1) is 0 Å². The van der Waals surface area contributed by atoms with Crippen LogP contribution in [0.5, 0.6) is 0 Å². The minimum atomic E-state index is -0.0873. The van der Waals surface area contributed by atoms with Crippen LogP contribution in [0.3, 0.4) is 0 Å². The Hall–Kier alpha value is -3.07. The molecule has 1 saturated heterocycles. The van der Waals surface area contributed by atoms with Crippen molar-refractivity contribution in [2.45, 2.75) is 12.8 Å². The number of nitrogens with zero attached hydrogens (tertiary/aromatic N) is 3. The normalized spacial score (nSPS) is 14.7. The topological polar surface area (TPSA) is 80.2 Å². The minimum Gasteiger partial charge on any atom is -0.365 e. The van der Waals surface area contributed by atoms with Gasteiger partial charge in [-0.05, 0) is 36.8 Å². The number of hydrogen-bond acceptors (Lipinski definition) is 3. The SMILES string of the molecule is N#Cc1cccc(C(=O)N2CCCN(C(=O)Cc3ccc[nH]3)CC2)c1. The molecule has 0 saturated carbocycles. The number of rotatable bonds is 3. The van der Waals surface area contributed by atoms with Crippen LogP contribution in [0, 0.1) is 11.3 Å². The molecule has 0 radical (unpaired) electrons. The van der Waals surface area contributed by atoms with Gasteiger partial charge in [-0.25, -0.2) is 0 Å². The number of nitrogens with one attached hydrogen (secondary N) is 1. The van der Waals surface area contributed by atoms with E-state index in [0.29, 0.717) is 43.7 Å². The van der Waals surface area contributed by atoms with E-state index in [1.54, 1.807) is 35.4 Å². The maximum Gasteiger partial charge on any atom is 0.253 e. The molecule has 1 fully saturated rings. The molecule has 6 heteroatoms. The summed E-state index contributed by atoms with van der Waals surface area (Å²) in [5.41, 5.74) is 1.89. The van der Waals surface area contributed by atoms with Crippen LogP contribution >= 0.6 is 0 Å². The van der Waals surface area contributed by atoms with Gasteiger partial charge in [0.15, 0.2) is 0 Å². The average molecular weight is 336 g/mol. The molecule has 1 N–H and O–H groups in total. The first-order chi connectivity index (χ1) is 12.2. The molecule has 6 nitrogen and oxygen atoms in total. The van der Waals surface area contributed by atoms with Crippen LogP contribution in [0.15, 0.2) is 42.6 Å². The molecule has 0 spiro atoms. The number of aromatic nitrogens is 1. The van der Waals surface area contributed by atoms with E-state index < -0.39 is 0 Å². The van der Waals surface area contributed by atoms with E-state index in [1.807, 2.05) is 17.0 Å². The molecule has 0 unspecified atom stereocenters. The van der Waals surface area contributed by atoms with Gasteiger partial charge in [-0.3, -0.25) is 9.59 Å². The molecule has 1 aliphatic rings. The number of benzene rings is 1. The van der Waals surface area contributed by atoms with Crippen LogP contribution in [0.25, 0.3) is 0 Å². The first-order valence-corrected chi connectivity index (χ1v) is 8.37. The second kappa shape index (κ2) is 7.67. The summed E-state index contributed by atoms with van der Waals surface area (Å²) in [5, 5.41) is 8.98. The third-order valence-corrected chi connectivity index (χ3v) is 4.38. The van der Waals surface area contributed by atoms with Gasteiger partial charge in [0.25, 0.3) is 5.91 Å². The van der Waals surface area contributed by atoms with E-state index in [0.717, 1.165) is 12.1 Å². The van der Waals surface area contributed by atoms with E-state index in [9.17, 15) is 9.59 Å². The fourth-order valence-electron chi connectivity index (χ4n) is 3.03. The fourth-order valence-corrected chi connectivity index (χ4v) is 3.03. The summed E-state index contributed by atoms with van der Waals surface area (Å²) in [5.74, 6) is -0.0148. The molecule has 3 rings (SSSR count). The zero-order valence-corrected chi connectivity index (χ0v) is 13.9. The summed E-state index contributed by atoms with van der Waals surface area (Å²) < 4.78 is 0. The maximum absolute atomic E-state index is 12.7. The predicted octanol–water partition coefficient (Wildman–Crippen LogP) is 1.80. The molecule has 0 bridgehead atoms. The molecule has 2 aromatic rings. The number of H-pyrrole nitrogens is 1. The van der Waals surface area contributed by atoms with Crippen LogP contribution in [0.2, 0.25) is 0 Å². The number of aromatic amines is 1. The van der Waals surface area contributed by atoms with Crippen molar-refractivity contribution in [2.24, 2.45) is 0 Å². The van der Waals surface area contributed by atoms with Crippen LogP contribution in [0.1, 0.15) is 28.0 Å². The van der Waals surface area contributed by atoms with E-state index in [4.69, 9.17) is 5.26 Å².